The molecule has 0 aromatic carbocycles. The molecule has 0 bridgehead atoms. The van der Waals surface area contributed by atoms with Crippen LogP contribution >= 0.6 is 0 Å². The summed E-state index contributed by atoms with van der Waals surface area (Å²) in [6.07, 6.45) is 15.8. The standard InChI is InChI=1S/C20H38O7S.3Na.3H/c1-2-3-4-5-6-7-8-9-10-11-12-13-14-15-16-17(19(21)22)18(20(23)24)28(25,26)27;;;;;;/h17-18H,2-16H2,1H3,(H,21,22)(H,23,24)(H,25,26,27);;;;;;/q;3*+1;3*-1. The number of unbranched alkanes of at least 4 members (excludes halogenated alkanes) is 13. The Bertz CT molecular complexity index is 560. The van der Waals surface area contributed by atoms with Crippen molar-refractivity contribution in [3.05, 3.63) is 0 Å². The van der Waals surface area contributed by atoms with Gasteiger partial charge in [-0.3, -0.25) is 14.1 Å². The van der Waals surface area contributed by atoms with Gasteiger partial charge in [0.15, 0.2) is 5.25 Å². The zero-order valence-electron chi connectivity index (χ0n) is 23.1. The topological polar surface area (TPSA) is 129 Å². The van der Waals surface area contributed by atoms with Crippen molar-refractivity contribution in [1.29, 1.82) is 0 Å². The summed E-state index contributed by atoms with van der Waals surface area (Å²) in [5.41, 5.74) is 0. The molecule has 0 heterocycles. The summed E-state index contributed by atoms with van der Waals surface area (Å²) in [5, 5.41) is 15.7. The quantitative estimate of drug-likeness (QED) is 0.0956. The molecular weight excluding hydrogens is 453 g/mol. The second-order valence-electron chi connectivity index (χ2n) is 7.60. The van der Waals surface area contributed by atoms with E-state index < -0.39 is 33.2 Å². The van der Waals surface area contributed by atoms with E-state index in [0.29, 0.717) is 6.42 Å². The molecule has 0 aliphatic carbocycles. The van der Waals surface area contributed by atoms with Crippen LogP contribution in [0.4, 0.5) is 0 Å². The van der Waals surface area contributed by atoms with Crippen molar-refractivity contribution < 1.29 is 126 Å². The fraction of sp³-hybridized carbons (Fsp3) is 0.900. The maximum atomic E-state index is 11.2. The van der Waals surface area contributed by atoms with Crippen LogP contribution in [0.1, 0.15) is 108 Å². The molecule has 0 saturated heterocycles. The Hall–Kier alpha value is 1.85. The van der Waals surface area contributed by atoms with Gasteiger partial charge in [-0.2, -0.15) is 8.42 Å². The molecule has 0 amide bonds. The van der Waals surface area contributed by atoms with Crippen molar-refractivity contribution >= 4 is 22.1 Å². The summed E-state index contributed by atoms with van der Waals surface area (Å²) in [5.74, 6) is -4.98. The third-order valence-electron chi connectivity index (χ3n) is 5.12. The molecule has 11 heteroatoms. The summed E-state index contributed by atoms with van der Waals surface area (Å²) < 4.78 is 31.4. The van der Waals surface area contributed by atoms with E-state index in [-0.39, 0.29) is 99.4 Å². The van der Waals surface area contributed by atoms with Crippen molar-refractivity contribution in [2.24, 2.45) is 5.92 Å². The first-order chi connectivity index (χ1) is 13.2. The molecular formula is C20H41Na3O7S. The second-order valence-corrected chi connectivity index (χ2v) is 9.14. The molecule has 7 nitrogen and oxygen atoms in total. The number of hydrogen-bond donors (Lipinski definition) is 3. The Morgan fingerprint density at radius 1 is 0.677 bits per heavy atom. The SMILES string of the molecule is CCCCCCCCCCCCCCCCC(C(=O)O)C(C(=O)O)S(=O)(=O)O.[H-].[H-].[H-].[Na+].[Na+].[Na+]. The molecule has 31 heavy (non-hydrogen) atoms. The zero-order chi connectivity index (χ0) is 21.4. The number of hydrogen-bond acceptors (Lipinski definition) is 4. The van der Waals surface area contributed by atoms with Gasteiger partial charge in [-0.15, -0.1) is 0 Å². The van der Waals surface area contributed by atoms with Crippen molar-refractivity contribution in [3.8, 4) is 0 Å². The fourth-order valence-corrected chi connectivity index (χ4v) is 4.39. The largest absolute Gasteiger partial charge is 1.00 e. The van der Waals surface area contributed by atoms with Gasteiger partial charge >= 0.3 is 101 Å². The average Bonchev–Trinajstić information content (AvgIpc) is 2.59. The van der Waals surface area contributed by atoms with Crippen LogP contribution in [0, 0.1) is 5.92 Å². The van der Waals surface area contributed by atoms with Gasteiger partial charge in [-0.1, -0.05) is 96.8 Å². The number of carboxylic acids is 2. The van der Waals surface area contributed by atoms with Crippen LogP contribution in [0.25, 0.3) is 0 Å². The van der Waals surface area contributed by atoms with Gasteiger partial charge in [0.25, 0.3) is 10.1 Å². The molecule has 0 rings (SSSR count). The smallest absolute Gasteiger partial charge is 1.00 e. The van der Waals surface area contributed by atoms with E-state index in [1.807, 2.05) is 0 Å². The molecule has 0 aliphatic heterocycles. The second kappa shape index (κ2) is 25.0. The Balaban J connectivity index is -0.000000243. The van der Waals surface area contributed by atoms with E-state index in [1.165, 1.54) is 57.8 Å². The first-order valence-corrected chi connectivity index (χ1v) is 12.1. The third kappa shape index (κ3) is 22.1. The average molecular weight is 495 g/mol. The van der Waals surface area contributed by atoms with Crippen LogP contribution in [-0.2, 0) is 19.7 Å². The molecule has 0 spiro atoms. The molecule has 0 aromatic heterocycles. The number of rotatable bonds is 19. The van der Waals surface area contributed by atoms with Crippen LogP contribution < -0.4 is 88.7 Å². The zero-order valence-corrected chi connectivity index (χ0v) is 27.0. The van der Waals surface area contributed by atoms with Gasteiger partial charge < -0.3 is 14.5 Å². The van der Waals surface area contributed by atoms with Crippen LogP contribution in [0.3, 0.4) is 0 Å². The summed E-state index contributed by atoms with van der Waals surface area (Å²) >= 11 is 0. The van der Waals surface area contributed by atoms with Gasteiger partial charge in [-0.25, -0.2) is 0 Å². The third-order valence-corrected chi connectivity index (χ3v) is 6.29. The molecule has 3 N–H and O–H groups in total. The van der Waals surface area contributed by atoms with E-state index in [0.717, 1.165) is 25.7 Å². The summed E-state index contributed by atoms with van der Waals surface area (Å²) in [6.45, 7) is 2.22. The first-order valence-electron chi connectivity index (χ1n) is 10.6. The summed E-state index contributed by atoms with van der Waals surface area (Å²) in [7, 11) is -4.96. The normalized spacial score (nSPS) is 12.6. The summed E-state index contributed by atoms with van der Waals surface area (Å²) in [4.78, 5) is 22.3. The van der Waals surface area contributed by atoms with Crippen molar-refractivity contribution in [2.75, 3.05) is 0 Å². The van der Waals surface area contributed by atoms with E-state index in [1.54, 1.807) is 0 Å². The molecule has 2 atom stereocenters. The maximum Gasteiger partial charge on any atom is 1.00 e. The fourth-order valence-electron chi connectivity index (χ4n) is 3.47. The molecule has 0 aromatic rings. The Morgan fingerprint density at radius 2 is 1.00 bits per heavy atom. The van der Waals surface area contributed by atoms with Crippen LogP contribution in [-0.4, -0.2) is 40.4 Å². The predicted octanol–water partition coefficient (Wildman–Crippen LogP) is -3.75. The first kappa shape index (κ1) is 40.0. The van der Waals surface area contributed by atoms with Gasteiger partial charge in [0, 0.05) is 0 Å². The number of carbonyl (C=O) groups is 2. The minimum absolute atomic E-state index is 0. The van der Waals surface area contributed by atoms with E-state index >= 15 is 0 Å². The van der Waals surface area contributed by atoms with Gasteiger partial charge in [-0.05, 0) is 6.42 Å². The molecule has 0 saturated carbocycles. The number of aliphatic carboxylic acids is 2. The Labute approximate surface area is 259 Å². The monoisotopic (exact) mass is 494 g/mol. The van der Waals surface area contributed by atoms with Crippen molar-refractivity contribution in [1.82, 2.24) is 0 Å². The Morgan fingerprint density at radius 3 is 1.26 bits per heavy atom. The minimum atomic E-state index is -4.96. The van der Waals surface area contributed by atoms with E-state index in [4.69, 9.17) is 14.8 Å². The molecule has 172 valence electrons. The van der Waals surface area contributed by atoms with E-state index in [2.05, 4.69) is 6.92 Å². The van der Waals surface area contributed by atoms with Crippen LogP contribution in [0.5, 0.6) is 0 Å². The molecule has 0 radical (unpaired) electrons. The minimum Gasteiger partial charge on any atom is -1.00 e. The maximum absolute atomic E-state index is 11.2. The van der Waals surface area contributed by atoms with E-state index in [9.17, 15) is 18.0 Å². The number of carboxylic acid groups (broad SMARTS) is 2. The summed E-state index contributed by atoms with van der Waals surface area (Å²) in [6, 6.07) is 0. The van der Waals surface area contributed by atoms with Crippen molar-refractivity contribution in [3.63, 3.8) is 0 Å². The predicted molar refractivity (Wildman–Crippen MR) is 112 cm³/mol. The van der Waals surface area contributed by atoms with Crippen LogP contribution in [0.15, 0.2) is 0 Å². The molecule has 2 unspecified atom stereocenters. The van der Waals surface area contributed by atoms with Crippen LogP contribution in [0.2, 0.25) is 0 Å². The molecule has 0 aliphatic rings. The molecule has 0 fully saturated rings. The van der Waals surface area contributed by atoms with Gasteiger partial charge in [0.05, 0.1) is 5.92 Å². The van der Waals surface area contributed by atoms with Gasteiger partial charge in [0.2, 0.25) is 0 Å². The van der Waals surface area contributed by atoms with Gasteiger partial charge in [0.1, 0.15) is 0 Å². The Kier molecular flexibility index (Phi) is 32.2. The van der Waals surface area contributed by atoms with Crippen molar-refractivity contribution in [2.45, 2.75) is 108 Å².